The van der Waals surface area contributed by atoms with Crippen LogP contribution >= 0.6 is 0 Å². The van der Waals surface area contributed by atoms with Crippen LogP contribution in [0, 0.1) is 6.92 Å². The number of rotatable bonds is 5. The Balaban J connectivity index is 1.60. The molecule has 0 bridgehead atoms. The Hall–Kier alpha value is -1.61. The third-order valence-corrected chi connectivity index (χ3v) is 3.88. The molecule has 2 heterocycles. The molecule has 100 valence electrons. The van der Waals surface area contributed by atoms with Crippen LogP contribution in [0.4, 0.5) is 0 Å². The van der Waals surface area contributed by atoms with Crippen molar-refractivity contribution in [3.05, 3.63) is 47.4 Å². The van der Waals surface area contributed by atoms with Crippen molar-refractivity contribution < 1.29 is 0 Å². The van der Waals surface area contributed by atoms with Crippen LogP contribution in [-0.2, 0) is 6.54 Å². The fourth-order valence-electron chi connectivity index (χ4n) is 2.80. The van der Waals surface area contributed by atoms with Gasteiger partial charge in [0.05, 0.1) is 11.4 Å². The number of allylic oxidation sites excluding steroid dienone is 1. The van der Waals surface area contributed by atoms with Gasteiger partial charge in [-0.3, -0.25) is 0 Å². The van der Waals surface area contributed by atoms with E-state index in [1.807, 2.05) is 6.07 Å². The van der Waals surface area contributed by atoms with Gasteiger partial charge in [-0.25, -0.2) is 4.98 Å². The summed E-state index contributed by atoms with van der Waals surface area (Å²) in [5.41, 5.74) is 5.06. The largest absolute Gasteiger partial charge is 0.311 e. The molecule has 3 heteroatoms. The average molecular weight is 255 g/mol. The molecule has 0 spiro atoms. The van der Waals surface area contributed by atoms with Gasteiger partial charge in [-0.2, -0.15) is 0 Å². The first-order valence-electron chi connectivity index (χ1n) is 7.16. The highest BCUT2D eigenvalue weighted by atomic mass is 15.0. The van der Waals surface area contributed by atoms with Crippen molar-refractivity contribution in [1.82, 2.24) is 14.7 Å². The van der Waals surface area contributed by atoms with Crippen molar-refractivity contribution >= 4 is 5.65 Å². The molecule has 0 amide bonds. The topological polar surface area (TPSA) is 29.3 Å². The van der Waals surface area contributed by atoms with Crippen LogP contribution in [0.3, 0.4) is 0 Å². The lowest BCUT2D eigenvalue weighted by molar-refractivity contribution is 0.659. The monoisotopic (exact) mass is 255 g/mol. The lowest BCUT2D eigenvalue weighted by Gasteiger charge is -2.06. The number of aromatic nitrogens is 2. The van der Waals surface area contributed by atoms with Crippen molar-refractivity contribution in [2.45, 2.75) is 39.2 Å². The van der Waals surface area contributed by atoms with Gasteiger partial charge >= 0.3 is 0 Å². The highest BCUT2D eigenvalue weighted by molar-refractivity contribution is 5.42. The van der Waals surface area contributed by atoms with Crippen LogP contribution in [0.5, 0.6) is 0 Å². The predicted octanol–water partition coefficient (Wildman–Crippen LogP) is 3.23. The van der Waals surface area contributed by atoms with E-state index in [2.05, 4.69) is 46.0 Å². The normalized spacial score (nSPS) is 15.1. The zero-order valence-corrected chi connectivity index (χ0v) is 11.5. The molecule has 1 aliphatic carbocycles. The average Bonchev–Trinajstić information content (AvgIpc) is 3.02. The molecule has 1 aliphatic rings. The van der Waals surface area contributed by atoms with Gasteiger partial charge in [0.2, 0.25) is 0 Å². The first-order chi connectivity index (χ1) is 9.34. The molecule has 2 aromatic rings. The van der Waals surface area contributed by atoms with Gasteiger partial charge in [-0.1, -0.05) is 17.7 Å². The van der Waals surface area contributed by atoms with Crippen LogP contribution in [0.15, 0.2) is 36.0 Å². The minimum absolute atomic E-state index is 0.893. The third-order valence-electron chi connectivity index (χ3n) is 3.88. The highest BCUT2D eigenvalue weighted by Crippen LogP contribution is 2.19. The molecule has 1 N–H and O–H groups in total. The van der Waals surface area contributed by atoms with Crippen molar-refractivity contribution in [3.8, 4) is 0 Å². The molecule has 0 atom stereocenters. The smallest absolute Gasteiger partial charge is 0.137 e. The lowest BCUT2D eigenvalue weighted by atomic mass is 10.2. The lowest BCUT2D eigenvalue weighted by Crippen LogP contribution is -2.17. The van der Waals surface area contributed by atoms with E-state index in [0.717, 1.165) is 24.4 Å². The summed E-state index contributed by atoms with van der Waals surface area (Å²) in [6, 6.07) is 6.15. The predicted molar refractivity (Wildman–Crippen MR) is 78.2 cm³/mol. The van der Waals surface area contributed by atoms with Crippen LogP contribution in [0.25, 0.3) is 5.65 Å². The van der Waals surface area contributed by atoms with Crippen molar-refractivity contribution in [2.24, 2.45) is 0 Å². The van der Waals surface area contributed by atoms with Gasteiger partial charge in [-0.05, 0) is 51.3 Å². The first kappa shape index (κ1) is 12.4. The summed E-state index contributed by atoms with van der Waals surface area (Å²) in [7, 11) is 0. The maximum atomic E-state index is 4.58. The van der Waals surface area contributed by atoms with Crippen molar-refractivity contribution in [2.75, 3.05) is 6.54 Å². The van der Waals surface area contributed by atoms with E-state index in [0.29, 0.717) is 0 Å². The number of aryl methyl sites for hydroxylation is 1. The summed E-state index contributed by atoms with van der Waals surface area (Å²) in [6.07, 6.45) is 9.61. The van der Waals surface area contributed by atoms with Crippen molar-refractivity contribution in [1.29, 1.82) is 0 Å². The van der Waals surface area contributed by atoms with Gasteiger partial charge < -0.3 is 9.72 Å². The maximum Gasteiger partial charge on any atom is 0.137 e. The molecule has 0 saturated carbocycles. The van der Waals surface area contributed by atoms with Crippen LogP contribution < -0.4 is 5.32 Å². The van der Waals surface area contributed by atoms with Crippen LogP contribution in [-0.4, -0.2) is 15.9 Å². The summed E-state index contributed by atoms with van der Waals surface area (Å²) in [5, 5.41) is 3.55. The zero-order valence-electron chi connectivity index (χ0n) is 11.5. The Kier molecular flexibility index (Phi) is 3.65. The molecular formula is C16H21N3. The number of hydrogen-bond acceptors (Lipinski definition) is 2. The third kappa shape index (κ3) is 2.71. The molecule has 3 nitrogen and oxygen atoms in total. The standard InChI is InChI=1S/C16H21N3/c1-13-15(19-11-5-4-8-16(19)18-13)12-17-10-9-14-6-2-3-7-14/h4-6,8,11,17H,2-3,7,9-10,12H2,1H3. The molecule has 0 saturated heterocycles. The maximum absolute atomic E-state index is 4.58. The SMILES string of the molecule is Cc1nc2ccccn2c1CNCCC1=CCCC1. The summed E-state index contributed by atoms with van der Waals surface area (Å²) in [5.74, 6) is 0. The molecule has 0 radical (unpaired) electrons. The Bertz CT molecular complexity index is 595. The minimum atomic E-state index is 0.893. The van der Waals surface area contributed by atoms with E-state index in [9.17, 15) is 0 Å². The summed E-state index contributed by atoms with van der Waals surface area (Å²) < 4.78 is 2.18. The molecule has 3 rings (SSSR count). The summed E-state index contributed by atoms with van der Waals surface area (Å²) in [4.78, 5) is 4.58. The fourth-order valence-corrected chi connectivity index (χ4v) is 2.80. The number of pyridine rings is 1. The highest BCUT2D eigenvalue weighted by Gasteiger charge is 2.08. The molecule has 0 aliphatic heterocycles. The Morgan fingerprint density at radius 2 is 2.32 bits per heavy atom. The van der Waals surface area contributed by atoms with Gasteiger partial charge in [0.15, 0.2) is 0 Å². The van der Waals surface area contributed by atoms with E-state index in [-0.39, 0.29) is 0 Å². The fraction of sp³-hybridized carbons (Fsp3) is 0.438. The molecule has 2 aromatic heterocycles. The Labute approximate surface area is 114 Å². The number of nitrogens with one attached hydrogen (secondary N) is 1. The van der Waals surface area contributed by atoms with E-state index < -0.39 is 0 Å². The van der Waals surface area contributed by atoms with E-state index in [4.69, 9.17) is 0 Å². The van der Waals surface area contributed by atoms with Gasteiger partial charge in [0, 0.05) is 12.7 Å². The second kappa shape index (κ2) is 5.57. The second-order valence-corrected chi connectivity index (χ2v) is 5.25. The van der Waals surface area contributed by atoms with Gasteiger partial charge in [-0.15, -0.1) is 0 Å². The zero-order chi connectivity index (χ0) is 13.1. The Morgan fingerprint density at radius 3 is 3.16 bits per heavy atom. The molecule has 0 aromatic carbocycles. The molecular weight excluding hydrogens is 234 g/mol. The molecule has 0 unspecified atom stereocenters. The van der Waals surface area contributed by atoms with Crippen LogP contribution in [0.2, 0.25) is 0 Å². The second-order valence-electron chi connectivity index (χ2n) is 5.25. The first-order valence-corrected chi connectivity index (χ1v) is 7.16. The van der Waals surface area contributed by atoms with E-state index in [1.54, 1.807) is 5.57 Å². The van der Waals surface area contributed by atoms with Gasteiger partial charge in [0.25, 0.3) is 0 Å². The number of nitrogens with zero attached hydrogens (tertiary/aromatic N) is 2. The number of fused-ring (bicyclic) bond motifs is 1. The Morgan fingerprint density at radius 1 is 1.37 bits per heavy atom. The van der Waals surface area contributed by atoms with Gasteiger partial charge in [0.1, 0.15) is 5.65 Å². The summed E-state index contributed by atoms with van der Waals surface area (Å²) in [6.45, 7) is 4.04. The quantitative estimate of drug-likeness (QED) is 0.656. The molecule has 19 heavy (non-hydrogen) atoms. The van der Waals surface area contributed by atoms with E-state index in [1.165, 1.54) is 31.4 Å². The van der Waals surface area contributed by atoms with Crippen molar-refractivity contribution in [3.63, 3.8) is 0 Å². The minimum Gasteiger partial charge on any atom is -0.311 e. The number of imidazole rings is 1. The summed E-state index contributed by atoms with van der Waals surface area (Å²) >= 11 is 0. The van der Waals surface area contributed by atoms with E-state index >= 15 is 0 Å². The number of hydrogen-bond donors (Lipinski definition) is 1. The molecule has 0 fully saturated rings. The van der Waals surface area contributed by atoms with Crippen LogP contribution in [0.1, 0.15) is 37.1 Å².